The lowest BCUT2D eigenvalue weighted by molar-refractivity contribution is 0.222. The van der Waals surface area contributed by atoms with E-state index >= 15 is 0 Å². The monoisotopic (exact) mass is 479 g/mol. The van der Waals surface area contributed by atoms with Crippen LogP contribution in [-0.2, 0) is 11.0 Å². The van der Waals surface area contributed by atoms with Crippen molar-refractivity contribution in [3.8, 4) is 16.9 Å². The van der Waals surface area contributed by atoms with Crippen LogP contribution in [0.5, 0.6) is 5.75 Å². The Kier molecular flexibility index (Phi) is 12.7. The third kappa shape index (κ3) is 10.8. The average molecular weight is 480 g/mol. The van der Waals surface area contributed by atoms with E-state index < -0.39 is 7.52 Å². The summed E-state index contributed by atoms with van der Waals surface area (Å²) >= 11 is 0. The Morgan fingerprint density at radius 2 is 1.52 bits per heavy atom. The normalized spacial score (nSPS) is 13.1. The SMILES string of the molecule is CCCc1ccc(-c2ccc(OCCCCCCCCCCCP(=O)(O)NO)cc2F)cc1. The number of hydrogen-bond donors (Lipinski definition) is 3. The van der Waals surface area contributed by atoms with Gasteiger partial charge in [-0.25, -0.2) is 4.39 Å². The Bertz CT molecular complexity index is 860. The van der Waals surface area contributed by atoms with Crippen LogP contribution < -0.4 is 9.99 Å². The third-order valence-electron chi connectivity index (χ3n) is 5.77. The molecule has 0 radical (unpaired) electrons. The van der Waals surface area contributed by atoms with Crippen LogP contribution in [0.3, 0.4) is 0 Å². The summed E-state index contributed by atoms with van der Waals surface area (Å²) in [6.45, 7) is 2.74. The smallest absolute Gasteiger partial charge is 0.289 e. The number of nitrogens with one attached hydrogen (secondary N) is 1. The van der Waals surface area contributed by atoms with Crippen LogP contribution in [-0.4, -0.2) is 22.9 Å². The summed E-state index contributed by atoms with van der Waals surface area (Å²) in [5.41, 5.74) is 2.75. The second kappa shape index (κ2) is 15.2. The van der Waals surface area contributed by atoms with E-state index in [1.807, 2.05) is 18.2 Å². The van der Waals surface area contributed by atoms with Gasteiger partial charge in [-0.2, -0.15) is 0 Å². The minimum Gasteiger partial charge on any atom is -0.493 e. The van der Waals surface area contributed by atoms with E-state index in [1.165, 1.54) is 16.9 Å². The summed E-state index contributed by atoms with van der Waals surface area (Å²) in [6.07, 6.45) is 11.4. The molecule has 0 aliphatic carbocycles. The fourth-order valence-corrected chi connectivity index (χ4v) is 4.62. The fourth-order valence-electron chi connectivity index (χ4n) is 3.87. The summed E-state index contributed by atoms with van der Waals surface area (Å²) in [7, 11) is -3.52. The molecule has 2 rings (SSSR count). The van der Waals surface area contributed by atoms with Crippen LogP contribution in [0.15, 0.2) is 42.5 Å². The van der Waals surface area contributed by atoms with Gasteiger partial charge in [0.15, 0.2) is 0 Å². The number of halogens is 1. The Morgan fingerprint density at radius 3 is 2.09 bits per heavy atom. The van der Waals surface area contributed by atoms with Gasteiger partial charge in [0.1, 0.15) is 11.6 Å². The van der Waals surface area contributed by atoms with E-state index in [1.54, 1.807) is 6.07 Å². The highest BCUT2D eigenvalue weighted by Gasteiger charge is 2.14. The molecule has 0 aliphatic rings. The van der Waals surface area contributed by atoms with Crippen molar-refractivity contribution in [2.24, 2.45) is 0 Å². The van der Waals surface area contributed by atoms with Crippen molar-refractivity contribution in [2.45, 2.75) is 77.6 Å². The largest absolute Gasteiger partial charge is 0.493 e. The molecule has 0 saturated carbocycles. The standard InChI is InChI=1S/C26H39FNO4P/c1-2-12-22-13-15-23(16-14-22)25-18-17-24(21-26(25)27)32-19-10-8-6-4-3-5-7-9-11-20-33(30,31)28-29/h13-18,21,29H,2-12,19-20H2,1H3,(H2,28,30,31). The second-order valence-electron chi connectivity index (χ2n) is 8.64. The molecule has 0 aromatic heterocycles. The molecule has 33 heavy (non-hydrogen) atoms. The van der Waals surface area contributed by atoms with Crippen LogP contribution in [0, 0.1) is 5.82 Å². The van der Waals surface area contributed by atoms with Crippen molar-refractivity contribution in [3.05, 3.63) is 53.8 Å². The zero-order chi connectivity index (χ0) is 23.9. The Balaban J connectivity index is 1.55. The van der Waals surface area contributed by atoms with Gasteiger partial charge in [-0.05, 0) is 42.5 Å². The Hall–Kier alpha value is -1.72. The zero-order valence-electron chi connectivity index (χ0n) is 19.8. The molecular formula is C26H39FNO4P. The van der Waals surface area contributed by atoms with Gasteiger partial charge in [-0.1, -0.05) is 82.6 Å². The Morgan fingerprint density at radius 1 is 0.909 bits per heavy atom. The molecule has 0 fully saturated rings. The molecule has 1 atom stereocenters. The fraction of sp³-hybridized carbons (Fsp3) is 0.538. The quantitative estimate of drug-likeness (QED) is 0.124. The minimum atomic E-state index is -3.52. The molecule has 2 aromatic rings. The van der Waals surface area contributed by atoms with Gasteiger partial charge >= 0.3 is 0 Å². The summed E-state index contributed by atoms with van der Waals surface area (Å²) in [5.74, 6) is 0.313. The van der Waals surface area contributed by atoms with Gasteiger partial charge in [0.25, 0.3) is 7.52 Å². The first-order valence-electron chi connectivity index (χ1n) is 12.2. The number of aryl methyl sites for hydroxylation is 1. The molecule has 0 spiro atoms. The van der Waals surface area contributed by atoms with Gasteiger partial charge in [-0.15, -0.1) is 5.25 Å². The molecule has 3 N–H and O–H groups in total. The molecule has 2 aromatic carbocycles. The van der Waals surface area contributed by atoms with Gasteiger partial charge in [-0.3, -0.25) is 4.57 Å². The maximum atomic E-state index is 14.6. The first kappa shape index (κ1) is 27.5. The van der Waals surface area contributed by atoms with Crippen molar-refractivity contribution in [2.75, 3.05) is 12.8 Å². The van der Waals surface area contributed by atoms with Crippen molar-refractivity contribution < 1.29 is 23.8 Å². The molecule has 0 heterocycles. The maximum Gasteiger partial charge on any atom is 0.289 e. The predicted octanol–water partition coefficient (Wildman–Crippen LogP) is 7.50. The van der Waals surface area contributed by atoms with Gasteiger partial charge in [0.2, 0.25) is 0 Å². The summed E-state index contributed by atoms with van der Waals surface area (Å²) < 4.78 is 31.5. The van der Waals surface area contributed by atoms with Gasteiger partial charge in [0.05, 0.1) is 6.61 Å². The number of ether oxygens (including phenoxy) is 1. The first-order valence-corrected chi connectivity index (χ1v) is 14.0. The molecule has 1 unspecified atom stereocenters. The number of hydrogen-bond acceptors (Lipinski definition) is 3. The predicted molar refractivity (Wildman–Crippen MR) is 132 cm³/mol. The van der Waals surface area contributed by atoms with Crippen molar-refractivity contribution in [1.29, 1.82) is 0 Å². The highest BCUT2D eigenvalue weighted by molar-refractivity contribution is 7.55. The third-order valence-corrected chi connectivity index (χ3v) is 7.01. The number of rotatable bonds is 17. The van der Waals surface area contributed by atoms with Crippen molar-refractivity contribution in [1.82, 2.24) is 5.25 Å². The maximum absolute atomic E-state index is 14.6. The lowest BCUT2D eigenvalue weighted by Gasteiger charge is -2.10. The van der Waals surface area contributed by atoms with E-state index in [4.69, 9.17) is 9.94 Å². The molecule has 0 aliphatic heterocycles. The van der Waals surface area contributed by atoms with Crippen LogP contribution in [0.4, 0.5) is 4.39 Å². The average Bonchev–Trinajstić information content (AvgIpc) is 2.81. The molecule has 5 nitrogen and oxygen atoms in total. The molecule has 0 amide bonds. The number of unbranched alkanes of at least 4 members (excludes halogenated alkanes) is 8. The lowest BCUT2D eigenvalue weighted by atomic mass is 10.0. The molecule has 0 bridgehead atoms. The van der Waals surface area contributed by atoms with Crippen LogP contribution in [0.25, 0.3) is 11.1 Å². The van der Waals surface area contributed by atoms with Crippen LogP contribution in [0.2, 0.25) is 0 Å². The highest BCUT2D eigenvalue weighted by Crippen LogP contribution is 2.35. The summed E-state index contributed by atoms with van der Waals surface area (Å²) in [5, 5.41) is 10.0. The lowest BCUT2D eigenvalue weighted by Crippen LogP contribution is -2.06. The Labute approximate surface area is 197 Å². The summed E-state index contributed by atoms with van der Waals surface area (Å²) in [4.78, 5) is 9.20. The minimum absolute atomic E-state index is 0.113. The van der Waals surface area contributed by atoms with E-state index in [2.05, 4.69) is 19.1 Å². The molecule has 0 saturated heterocycles. The summed E-state index contributed by atoms with van der Waals surface area (Å²) in [6, 6.07) is 13.2. The molecular weight excluding hydrogens is 440 g/mol. The van der Waals surface area contributed by atoms with E-state index in [9.17, 15) is 13.8 Å². The molecule has 7 heteroatoms. The topological polar surface area (TPSA) is 78.8 Å². The van der Waals surface area contributed by atoms with E-state index in [-0.39, 0.29) is 12.0 Å². The van der Waals surface area contributed by atoms with Crippen molar-refractivity contribution in [3.63, 3.8) is 0 Å². The van der Waals surface area contributed by atoms with Crippen molar-refractivity contribution >= 4 is 7.52 Å². The first-order chi connectivity index (χ1) is 15.9. The molecule has 184 valence electrons. The zero-order valence-corrected chi connectivity index (χ0v) is 20.7. The van der Waals surface area contributed by atoms with Gasteiger partial charge in [0, 0.05) is 17.8 Å². The second-order valence-corrected chi connectivity index (χ2v) is 10.7. The van der Waals surface area contributed by atoms with Gasteiger partial charge < -0.3 is 14.8 Å². The van der Waals surface area contributed by atoms with E-state index in [0.717, 1.165) is 69.8 Å². The number of benzene rings is 2. The highest BCUT2D eigenvalue weighted by atomic mass is 31.2. The van der Waals surface area contributed by atoms with Crippen LogP contribution in [0.1, 0.15) is 76.7 Å². The van der Waals surface area contributed by atoms with E-state index in [0.29, 0.717) is 24.3 Å². The van der Waals surface area contributed by atoms with Crippen LogP contribution >= 0.6 is 7.52 Å².